The fourth-order valence-corrected chi connectivity index (χ4v) is 4.38. The van der Waals surface area contributed by atoms with Gasteiger partial charge in [-0.1, -0.05) is 47.5 Å². The van der Waals surface area contributed by atoms with Crippen molar-refractivity contribution in [2.24, 2.45) is 0 Å². The second-order valence-electron chi connectivity index (χ2n) is 6.19. The van der Waals surface area contributed by atoms with Crippen molar-refractivity contribution in [1.29, 1.82) is 0 Å². The zero-order chi connectivity index (χ0) is 18.3. The van der Waals surface area contributed by atoms with Crippen LogP contribution in [0.1, 0.15) is 22.7 Å². The smallest absolute Gasteiger partial charge is 0.241 e. The molecular weight excluding hydrogens is 370 g/mol. The molecule has 0 aromatic heterocycles. The summed E-state index contributed by atoms with van der Waals surface area (Å²) in [5, 5.41) is 0.520. The molecule has 1 atom stereocenters. The predicted octanol–water partition coefficient (Wildman–Crippen LogP) is 4.82. The third-order valence-corrected chi connectivity index (χ3v) is 6.01. The molecule has 0 saturated carbocycles. The van der Waals surface area contributed by atoms with E-state index < -0.39 is 16.1 Å². The van der Waals surface area contributed by atoms with Crippen molar-refractivity contribution in [3.8, 4) is 11.5 Å². The van der Waals surface area contributed by atoms with Crippen LogP contribution in [0, 0.1) is 6.92 Å². The highest BCUT2D eigenvalue weighted by molar-refractivity contribution is 7.89. The Bertz CT molecular complexity index is 1080. The molecule has 3 aromatic rings. The average molecular weight is 386 g/mol. The van der Waals surface area contributed by atoms with Gasteiger partial charge in [0.05, 0.1) is 10.9 Å². The molecule has 132 valence electrons. The number of aryl methyl sites for hydroxylation is 1. The molecule has 1 aliphatic heterocycles. The molecule has 26 heavy (non-hydrogen) atoms. The second-order valence-corrected chi connectivity index (χ2v) is 8.34. The van der Waals surface area contributed by atoms with Gasteiger partial charge >= 0.3 is 0 Å². The van der Waals surface area contributed by atoms with Crippen LogP contribution in [0.25, 0.3) is 0 Å². The van der Waals surface area contributed by atoms with E-state index in [2.05, 4.69) is 4.72 Å². The molecular formula is C20H16ClNO3S. The van der Waals surface area contributed by atoms with E-state index in [1.165, 1.54) is 0 Å². The van der Waals surface area contributed by atoms with Crippen molar-refractivity contribution in [2.75, 3.05) is 0 Å². The summed E-state index contributed by atoms with van der Waals surface area (Å²) >= 11 is 6.14. The van der Waals surface area contributed by atoms with Crippen LogP contribution in [-0.4, -0.2) is 8.42 Å². The van der Waals surface area contributed by atoms with Crippen LogP contribution >= 0.6 is 11.6 Å². The molecule has 1 aliphatic rings. The molecule has 0 amide bonds. The number of rotatable bonds is 3. The maximum atomic E-state index is 12.9. The Morgan fingerprint density at radius 3 is 2.38 bits per heavy atom. The second kappa shape index (κ2) is 6.43. The van der Waals surface area contributed by atoms with Crippen LogP contribution in [0.2, 0.25) is 5.02 Å². The Labute approximate surface area is 157 Å². The monoisotopic (exact) mass is 385 g/mol. The lowest BCUT2D eigenvalue weighted by Gasteiger charge is -2.28. The van der Waals surface area contributed by atoms with Gasteiger partial charge in [-0.15, -0.1) is 0 Å². The van der Waals surface area contributed by atoms with Crippen LogP contribution in [0.5, 0.6) is 11.5 Å². The van der Waals surface area contributed by atoms with Gasteiger partial charge in [-0.25, -0.2) is 8.42 Å². The van der Waals surface area contributed by atoms with E-state index in [0.29, 0.717) is 22.1 Å². The van der Waals surface area contributed by atoms with Gasteiger partial charge in [-0.05, 0) is 43.3 Å². The van der Waals surface area contributed by atoms with Gasteiger partial charge in [0.2, 0.25) is 10.0 Å². The summed E-state index contributed by atoms with van der Waals surface area (Å²) in [6.07, 6.45) is 0. The standard InChI is InChI=1S/C20H16ClNO3S/c1-13-6-9-15(10-7-13)26(23,24)22-20-16-4-2-3-5-18(16)25-19-11-8-14(21)12-17(19)20/h2-12,20,22H,1H3. The van der Waals surface area contributed by atoms with Gasteiger partial charge in [0.1, 0.15) is 11.5 Å². The lowest BCUT2D eigenvalue weighted by atomic mass is 9.95. The third kappa shape index (κ3) is 3.09. The van der Waals surface area contributed by atoms with E-state index >= 15 is 0 Å². The molecule has 1 heterocycles. The number of halogens is 1. The number of sulfonamides is 1. The Morgan fingerprint density at radius 2 is 1.62 bits per heavy atom. The van der Waals surface area contributed by atoms with Gasteiger partial charge < -0.3 is 4.74 Å². The van der Waals surface area contributed by atoms with E-state index in [1.54, 1.807) is 42.5 Å². The number of nitrogens with one attached hydrogen (secondary N) is 1. The molecule has 0 radical (unpaired) electrons. The first-order valence-corrected chi connectivity index (χ1v) is 9.95. The van der Waals surface area contributed by atoms with Crippen molar-refractivity contribution in [2.45, 2.75) is 17.9 Å². The van der Waals surface area contributed by atoms with Crippen molar-refractivity contribution in [3.63, 3.8) is 0 Å². The predicted molar refractivity (Wildman–Crippen MR) is 101 cm³/mol. The zero-order valence-corrected chi connectivity index (χ0v) is 15.5. The summed E-state index contributed by atoms with van der Waals surface area (Å²) in [6.45, 7) is 1.91. The maximum Gasteiger partial charge on any atom is 0.241 e. The topological polar surface area (TPSA) is 55.4 Å². The minimum atomic E-state index is -3.72. The molecule has 1 N–H and O–H groups in total. The number of ether oxygens (including phenoxy) is 1. The van der Waals surface area contributed by atoms with Crippen LogP contribution in [0.4, 0.5) is 0 Å². The number of hydrogen-bond donors (Lipinski definition) is 1. The number of para-hydroxylation sites is 1. The number of fused-ring (bicyclic) bond motifs is 2. The highest BCUT2D eigenvalue weighted by Gasteiger charge is 2.31. The SMILES string of the molecule is Cc1ccc(S(=O)(=O)NC2c3ccccc3Oc3ccc(Cl)cc32)cc1. The van der Waals surface area contributed by atoms with Gasteiger partial charge in [0.15, 0.2) is 0 Å². The Morgan fingerprint density at radius 1 is 0.923 bits per heavy atom. The number of benzene rings is 3. The van der Waals surface area contributed by atoms with Crippen LogP contribution < -0.4 is 9.46 Å². The van der Waals surface area contributed by atoms with E-state index in [-0.39, 0.29) is 4.90 Å². The first-order chi connectivity index (χ1) is 12.4. The largest absolute Gasteiger partial charge is 0.457 e. The lowest BCUT2D eigenvalue weighted by Crippen LogP contribution is -2.31. The summed E-state index contributed by atoms with van der Waals surface area (Å²) < 4.78 is 34.6. The molecule has 0 fully saturated rings. The number of hydrogen-bond acceptors (Lipinski definition) is 3. The van der Waals surface area contributed by atoms with Crippen LogP contribution in [-0.2, 0) is 10.0 Å². The Kier molecular flexibility index (Phi) is 4.23. The maximum absolute atomic E-state index is 12.9. The molecule has 4 rings (SSSR count). The summed E-state index contributed by atoms with van der Waals surface area (Å²) in [7, 11) is -3.72. The van der Waals surface area contributed by atoms with Crippen molar-refractivity contribution >= 4 is 21.6 Å². The van der Waals surface area contributed by atoms with Gasteiger partial charge in [0, 0.05) is 16.1 Å². The molecule has 1 unspecified atom stereocenters. The minimum Gasteiger partial charge on any atom is -0.457 e. The summed E-state index contributed by atoms with van der Waals surface area (Å²) in [4.78, 5) is 0.218. The van der Waals surface area contributed by atoms with E-state index in [4.69, 9.17) is 16.3 Å². The highest BCUT2D eigenvalue weighted by Crippen LogP contribution is 2.44. The van der Waals surface area contributed by atoms with E-state index in [0.717, 1.165) is 11.1 Å². The Hall–Kier alpha value is -2.34. The fraction of sp³-hybridized carbons (Fsp3) is 0.100. The van der Waals surface area contributed by atoms with Crippen LogP contribution in [0.15, 0.2) is 71.6 Å². The molecule has 4 nitrogen and oxygen atoms in total. The van der Waals surface area contributed by atoms with Crippen molar-refractivity contribution < 1.29 is 13.2 Å². The minimum absolute atomic E-state index is 0.218. The van der Waals surface area contributed by atoms with E-state index in [9.17, 15) is 8.42 Å². The molecule has 3 aromatic carbocycles. The van der Waals surface area contributed by atoms with E-state index in [1.807, 2.05) is 31.2 Å². The third-order valence-electron chi connectivity index (χ3n) is 4.34. The zero-order valence-electron chi connectivity index (χ0n) is 13.9. The van der Waals surface area contributed by atoms with Gasteiger partial charge in [-0.2, -0.15) is 4.72 Å². The summed E-state index contributed by atoms with van der Waals surface area (Å²) in [5.74, 6) is 1.21. The van der Waals surface area contributed by atoms with Gasteiger partial charge in [0.25, 0.3) is 0 Å². The van der Waals surface area contributed by atoms with Crippen LogP contribution in [0.3, 0.4) is 0 Å². The molecule has 6 heteroatoms. The van der Waals surface area contributed by atoms with Crippen molar-refractivity contribution in [3.05, 3.63) is 88.4 Å². The lowest BCUT2D eigenvalue weighted by molar-refractivity contribution is 0.440. The quantitative estimate of drug-likeness (QED) is 0.703. The fourth-order valence-electron chi connectivity index (χ4n) is 3.00. The Balaban J connectivity index is 1.81. The summed E-state index contributed by atoms with van der Waals surface area (Å²) in [5.41, 5.74) is 2.43. The molecule has 0 spiro atoms. The molecule has 0 aliphatic carbocycles. The normalized spacial score (nSPS) is 15.7. The van der Waals surface area contributed by atoms with Crippen molar-refractivity contribution in [1.82, 2.24) is 4.72 Å². The molecule has 0 bridgehead atoms. The first kappa shape index (κ1) is 17.1. The highest BCUT2D eigenvalue weighted by atomic mass is 35.5. The first-order valence-electron chi connectivity index (χ1n) is 8.09. The summed E-state index contributed by atoms with van der Waals surface area (Å²) in [6, 6.07) is 18.7. The molecule has 0 saturated heterocycles. The van der Waals surface area contributed by atoms with Gasteiger partial charge in [-0.3, -0.25) is 0 Å². The average Bonchev–Trinajstić information content (AvgIpc) is 2.62.